The molecule has 0 aliphatic heterocycles. The third-order valence-corrected chi connectivity index (χ3v) is 3.72. The molecule has 2 heterocycles. The molecule has 2 rings (SSSR count). The van der Waals surface area contributed by atoms with E-state index in [4.69, 9.17) is 0 Å². The van der Waals surface area contributed by atoms with Crippen LogP contribution in [0.1, 0.15) is 25.9 Å². The summed E-state index contributed by atoms with van der Waals surface area (Å²) < 4.78 is 38.3. The van der Waals surface area contributed by atoms with E-state index in [1.807, 2.05) is 13.8 Å². The summed E-state index contributed by atoms with van der Waals surface area (Å²) >= 11 is 1.49. The van der Waals surface area contributed by atoms with E-state index >= 15 is 0 Å². The van der Waals surface area contributed by atoms with Crippen molar-refractivity contribution in [2.75, 3.05) is 0 Å². The number of hydrogen-bond donors (Lipinski definition) is 0. The molecule has 2 aromatic rings. The van der Waals surface area contributed by atoms with E-state index in [1.165, 1.54) is 34.4 Å². The van der Waals surface area contributed by atoms with Gasteiger partial charge in [-0.15, -0.1) is 11.3 Å². The summed E-state index contributed by atoms with van der Waals surface area (Å²) in [6.45, 7) is 4.18. The predicted octanol–water partition coefficient (Wildman–Crippen LogP) is 3.35. The van der Waals surface area contributed by atoms with Gasteiger partial charge in [0.15, 0.2) is 0 Å². The monoisotopic (exact) mass is 288 g/mol. The summed E-state index contributed by atoms with van der Waals surface area (Å²) in [5, 5.41) is 0.802. The van der Waals surface area contributed by atoms with Gasteiger partial charge in [-0.2, -0.15) is 13.2 Å². The first-order valence-electron chi connectivity index (χ1n) is 5.47. The average Bonchev–Trinajstić information content (AvgIpc) is 2.85. The number of rotatable bonds is 3. The van der Waals surface area contributed by atoms with Crippen molar-refractivity contribution in [2.45, 2.75) is 26.6 Å². The second-order valence-corrected chi connectivity index (χ2v) is 5.44. The van der Waals surface area contributed by atoms with Gasteiger partial charge in [0, 0.05) is 22.8 Å². The Labute approximate surface area is 111 Å². The Morgan fingerprint density at radius 2 is 2.11 bits per heavy atom. The number of aryl methyl sites for hydroxylation is 2. The van der Waals surface area contributed by atoms with Crippen molar-refractivity contribution in [3.63, 3.8) is 0 Å². The molecule has 0 atom stereocenters. The number of ketones is 1. The Kier molecular flexibility index (Phi) is 3.49. The molecule has 0 unspecified atom stereocenters. The van der Waals surface area contributed by atoms with Crippen LogP contribution in [0.15, 0.2) is 18.5 Å². The standard InChI is InChI=1S/C12H11F3N2OS/c1-7-8(2)19-10(16-7)6-17-4-3-9(5-17)11(18)12(13,14)15/h3-5H,6H2,1-2H3. The molecule has 0 saturated heterocycles. The lowest BCUT2D eigenvalue weighted by atomic mass is 10.2. The molecule has 0 spiro atoms. The zero-order valence-electron chi connectivity index (χ0n) is 10.3. The van der Waals surface area contributed by atoms with Crippen molar-refractivity contribution in [1.82, 2.24) is 9.55 Å². The molecule has 102 valence electrons. The van der Waals surface area contributed by atoms with Gasteiger partial charge in [0.1, 0.15) is 5.01 Å². The smallest absolute Gasteiger partial charge is 0.347 e. The summed E-state index contributed by atoms with van der Waals surface area (Å²) in [6, 6.07) is 1.17. The van der Waals surface area contributed by atoms with E-state index in [0.29, 0.717) is 6.54 Å². The minimum absolute atomic E-state index is 0.350. The minimum Gasteiger partial charge on any atom is -0.347 e. The van der Waals surface area contributed by atoms with E-state index < -0.39 is 12.0 Å². The number of thiazole rings is 1. The summed E-state index contributed by atoms with van der Waals surface area (Å²) in [5.74, 6) is -1.82. The molecule has 19 heavy (non-hydrogen) atoms. The number of aromatic nitrogens is 2. The number of halogens is 3. The number of carbonyl (C=O) groups is 1. The van der Waals surface area contributed by atoms with Gasteiger partial charge >= 0.3 is 6.18 Å². The third-order valence-electron chi connectivity index (χ3n) is 2.66. The maximum absolute atomic E-state index is 12.3. The fourth-order valence-corrected chi connectivity index (χ4v) is 2.54. The molecular formula is C12H11F3N2OS. The van der Waals surface area contributed by atoms with Crippen LogP contribution in [0.3, 0.4) is 0 Å². The number of carbonyl (C=O) groups excluding carboxylic acids is 1. The Balaban J connectivity index is 2.16. The zero-order valence-corrected chi connectivity index (χ0v) is 11.1. The van der Waals surface area contributed by atoms with Crippen LogP contribution in [0.5, 0.6) is 0 Å². The van der Waals surface area contributed by atoms with Crippen LogP contribution >= 0.6 is 11.3 Å². The van der Waals surface area contributed by atoms with Crippen molar-refractivity contribution in [1.29, 1.82) is 0 Å². The van der Waals surface area contributed by atoms with E-state index in [9.17, 15) is 18.0 Å². The van der Waals surface area contributed by atoms with Gasteiger partial charge in [-0.25, -0.2) is 4.98 Å². The van der Waals surface area contributed by atoms with Gasteiger partial charge in [-0.1, -0.05) is 0 Å². The van der Waals surface area contributed by atoms with Gasteiger partial charge in [-0.05, 0) is 19.9 Å². The number of hydrogen-bond acceptors (Lipinski definition) is 3. The molecule has 0 N–H and O–H groups in total. The lowest BCUT2D eigenvalue weighted by Gasteiger charge is -2.02. The van der Waals surface area contributed by atoms with E-state index in [2.05, 4.69) is 4.98 Å². The Bertz CT molecular complexity index is 593. The number of alkyl halides is 3. The lowest BCUT2D eigenvalue weighted by molar-refractivity contribution is -0.0885. The Morgan fingerprint density at radius 3 is 2.63 bits per heavy atom. The molecule has 0 fully saturated rings. The largest absolute Gasteiger partial charge is 0.454 e. The van der Waals surface area contributed by atoms with Crippen LogP contribution in [-0.4, -0.2) is 21.5 Å². The maximum Gasteiger partial charge on any atom is 0.454 e. The van der Waals surface area contributed by atoms with E-state index in [1.54, 1.807) is 0 Å². The van der Waals surface area contributed by atoms with Gasteiger partial charge in [0.05, 0.1) is 12.2 Å². The highest BCUT2D eigenvalue weighted by atomic mass is 32.1. The van der Waals surface area contributed by atoms with Crippen LogP contribution in [-0.2, 0) is 6.54 Å². The van der Waals surface area contributed by atoms with Crippen molar-refractivity contribution < 1.29 is 18.0 Å². The molecule has 2 aromatic heterocycles. The quantitative estimate of drug-likeness (QED) is 0.812. The highest BCUT2D eigenvalue weighted by Gasteiger charge is 2.39. The second kappa shape index (κ2) is 4.80. The van der Waals surface area contributed by atoms with Crippen LogP contribution in [0.4, 0.5) is 13.2 Å². The topological polar surface area (TPSA) is 34.9 Å². The number of nitrogens with zero attached hydrogens (tertiary/aromatic N) is 2. The van der Waals surface area contributed by atoms with Crippen LogP contribution in [0, 0.1) is 13.8 Å². The predicted molar refractivity (Wildman–Crippen MR) is 65.5 cm³/mol. The highest BCUT2D eigenvalue weighted by Crippen LogP contribution is 2.22. The average molecular weight is 288 g/mol. The third kappa shape index (κ3) is 3.04. The molecule has 0 aliphatic carbocycles. The SMILES string of the molecule is Cc1nc(Cn2ccc(C(=O)C(F)(F)F)c2)sc1C. The van der Waals surface area contributed by atoms with Gasteiger partial charge < -0.3 is 4.57 Å². The summed E-state index contributed by atoms with van der Waals surface area (Å²) in [6.07, 6.45) is -2.19. The Hall–Kier alpha value is -1.63. The first-order chi connectivity index (χ1) is 8.77. The zero-order chi connectivity index (χ0) is 14.2. The normalized spacial score (nSPS) is 11.8. The maximum atomic E-state index is 12.3. The first kappa shape index (κ1) is 13.8. The number of Topliss-reactive ketones (excluding diaryl/α,β-unsaturated/α-hetero) is 1. The van der Waals surface area contributed by atoms with Gasteiger partial charge in [-0.3, -0.25) is 4.79 Å². The fourth-order valence-electron chi connectivity index (χ4n) is 1.60. The summed E-state index contributed by atoms with van der Waals surface area (Å²) in [5.41, 5.74) is 0.566. The van der Waals surface area contributed by atoms with Crippen molar-refractivity contribution in [2.24, 2.45) is 0 Å². The second-order valence-electron chi connectivity index (χ2n) is 4.15. The fraction of sp³-hybridized carbons (Fsp3) is 0.333. The van der Waals surface area contributed by atoms with Crippen LogP contribution < -0.4 is 0 Å². The lowest BCUT2D eigenvalue weighted by Crippen LogP contribution is -2.22. The minimum atomic E-state index is -4.83. The van der Waals surface area contributed by atoms with Crippen LogP contribution in [0.2, 0.25) is 0 Å². The molecule has 0 bridgehead atoms. The van der Waals surface area contributed by atoms with E-state index in [-0.39, 0.29) is 5.56 Å². The molecule has 0 amide bonds. The summed E-state index contributed by atoms with van der Waals surface area (Å²) in [7, 11) is 0. The molecule has 7 heteroatoms. The molecule has 0 radical (unpaired) electrons. The van der Waals surface area contributed by atoms with Crippen LogP contribution in [0.25, 0.3) is 0 Å². The highest BCUT2D eigenvalue weighted by molar-refractivity contribution is 7.11. The molecule has 0 aliphatic rings. The van der Waals surface area contributed by atoms with E-state index in [0.717, 1.165) is 15.6 Å². The Morgan fingerprint density at radius 1 is 1.42 bits per heavy atom. The summed E-state index contributed by atoms with van der Waals surface area (Å²) in [4.78, 5) is 16.4. The van der Waals surface area contributed by atoms with Gasteiger partial charge in [0.25, 0.3) is 5.78 Å². The van der Waals surface area contributed by atoms with Crippen molar-refractivity contribution in [3.8, 4) is 0 Å². The molecule has 0 aromatic carbocycles. The molecule has 0 saturated carbocycles. The van der Waals surface area contributed by atoms with Crippen molar-refractivity contribution >= 4 is 17.1 Å². The van der Waals surface area contributed by atoms with Crippen molar-refractivity contribution in [3.05, 3.63) is 39.6 Å². The van der Waals surface area contributed by atoms with Gasteiger partial charge in [0.2, 0.25) is 0 Å². The molecular weight excluding hydrogens is 277 g/mol. The first-order valence-corrected chi connectivity index (χ1v) is 6.29. The molecule has 3 nitrogen and oxygen atoms in total.